The van der Waals surface area contributed by atoms with Crippen LogP contribution in [0.15, 0.2) is 57.1 Å². The molecule has 0 fully saturated rings. The molecule has 0 radical (unpaired) electrons. The Morgan fingerprint density at radius 2 is 2.18 bits per heavy atom. The summed E-state index contributed by atoms with van der Waals surface area (Å²) in [4.78, 5) is 8.18. The van der Waals surface area contributed by atoms with E-state index >= 15 is 0 Å². The zero-order valence-corrected chi connectivity index (χ0v) is 12.2. The summed E-state index contributed by atoms with van der Waals surface area (Å²) in [6.07, 6.45) is 2.90. The van der Waals surface area contributed by atoms with Gasteiger partial charge in [0.25, 0.3) is 0 Å². The zero-order valence-electron chi connectivity index (χ0n) is 11.5. The molecule has 22 heavy (non-hydrogen) atoms. The van der Waals surface area contributed by atoms with Gasteiger partial charge >= 0.3 is 0 Å². The monoisotopic (exact) mass is 310 g/mol. The fraction of sp³-hybridized carbons (Fsp3) is 0.125. The molecule has 0 N–H and O–H groups in total. The lowest BCUT2D eigenvalue weighted by atomic mass is 10.2. The molecule has 0 spiro atoms. The normalized spacial score (nSPS) is 12.8. The van der Waals surface area contributed by atoms with Crippen LogP contribution in [0.25, 0.3) is 0 Å². The molecule has 1 heterocycles. The second-order valence-corrected chi connectivity index (χ2v) is 4.70. The molecule has 5 nitrogen and oxygen atoms in total. The SMILES string of the molecule is N#CC(=NCc1cccc(Cl)c1)C(C#N)N=Cc1ccco1. The van der Waals surface area contributed by atoms with Gasteiger partial charge in [-0.25, -0.2) is 0 Å². The lowest BCUT2D eigenvalue weighted by Gasteiger charge is -2.02. The number of furan rings is 1. The van der Waals surface area contributed by atoms with Crippen LogP contribution in [-0.4, -0.2) is 18.0 Å². The van der Waals surface area contributed by atoms with Crippen LogP contribution in [0.1, 0.15) is 11.3 Å². The Morgan fingerprint density at radius 1 is 1.32 bits per heavy atom. The third-order valence-corrected chi connectivity index (χ3v) is 2.95. The number of benzene rings is 1. The molecule has 0 amide bonds. The number of nitrogens with zero attached hydrogens (tertiary/aromatic N) is 4. The minimum Gasteiger partial charge on any atom is -0.463 e. The summed E-state index contributed by atoms with van der Waals surface area (Å²) in [5.41, 5.74) is 0.900. The molecule has 1 atom stereocenters. The highest BCUT2D eigenvalue weighted by molar-refractivity contribution is 6.30. The van der Waals surface area contributed by atoms with Gasteiger partial charge in [-0.3, -0.25) is 9.98 Å². The lowest BCUT2D eigenvalue weighted by molar-refractivity contribution is 0.560. The Balaban J connectivity index is 2.13. The molecule has 0 saturated heterocycles. The van der Waals surface area contributed by atoms with Crippen LogP contribution in [0.5, 0.6) is 0 Å². The van der Waals surface area contributed by atoms with Gasteiger partial charge in [0, 0.05) is 5.02 Å². The molecule has 1 aromatic carbocycles. The highest BCUT2D eigenvalue weighted by Crippen LogP contribution is 2.11. The van der Waals surface area contributed by atoms with E-state index in [-0.39, 0.29) is 12.3 Å². The van der Waals surface area contributed by atoms with Crippen molar-refractivity contribution in [2.24, 2.45) is 9.98 Å². The number of hydrogen-bond donors (Lipinski definition) is 0. The predicted molar refractivity (Wildman–Crippen MR) is 83.9 cm³/mol. The smallest absolute Gasteiger partial charge is 0.188 e. The minimum absolute atomic E-state index is 0.0466. The van der Waals surface area contributed by atoms with E-state index < -0.39 is 6.04 Å². The van der Waals surface area contributed by atoms with Crippen LogP contribution in [0.4, 0.5) is 0 Å². The largest absolute Gasteiger partial charge is 0.463 e. The van der Waals surface area contributed by atoms with E-state index in [4.69, 9.17) is 26.5 Å². The minimum atomic E-state index is -0.964. The highest BCUT2D eigenvalue weighted by Gasteiger charge is 2.13. The van der Waals surface area contributed by atoms with Crippen molar-refractivity contribution in [3.63, 3.8) is 0 Å². The first-order chi connectivity index (χ1) is 10.7. The quantitative estimate of drug-likeness (QED) is 0.793. The molecular weight excluding hydrogens is 300 g/mol. The maximum Gasteiger partial charge on any atom is 0.188 e. The molecule has 1 unspecified atom stereocenters. The molecule has 2 aromatic rings. The summed E-state index contributed by atoms with van der Waals surface area (Å²) in [6.45, 7) is 0.262. The molecule has 0 aliphatic heterocycles. The third-order valence-electron chi connectivity index (χ3n) is 2.71. The Bertz CT molecular complexity index is 766. The average molecular weight is 311 g/mol. The highest BCUT2D eigenvalue weighted by atomic mass is 35.5. The van der Waals surface area contributed by atoms with Crippen LogP contribution in [0.2, 0.25) is 5.02 Å². The summed E-state index contributed by atoms with van der Waals surface area (Å²) in [5, 5.41) is 18.9. The maximum atomic E-state index is 9.16. The topological polar surface area (TPSA) is 85.4 Å². The van der Waals surface area contributed by atoms with Crippen molar-refractivity contribution in [2.75, 3.05) is 0 Å². The van der Waals surface area contributed by atoms with Crippen molar-refractivity contribution in [2.45, 2.75) is 12.6 Å². The molecule has 0 aliphatic rings. The Labute approximate surface area is 132 Å². The van der Waals surface area contributed by atoms with E-state index in [1.54, 1.807) is 30.3 Å². The summed E-state index contributed by atoms with van der Waals surface area (Å²) in [6, 6.07) is 13.5. The molecule has 0 aliphatic carbocycles. The van der Waals surface area contributed by atoms with E-state index in [0.29, 0.717) is 10.8 Å². The Hall–Kier alpha value is -2.89. The van der Waals surface area contributed by atoms with Crippen LogP contribution < -0.4 is 0 Å². The van der Waals surface area contributed by atoms with Crippen LogP contribution >= 0.6 is 11.6 Å². The van der Waals surface area contributed by atoms with E-state index in [0.717, 1.165) is 5.56 Å². The second-order valence-electron chi connectivity index (χ2n) is 4.27. The zero-order chi connectivity index (χ0) is 15.8. The maximum absolute atomic E-state index is 9.16. The van der Waals surface area contributed by atoms with Crippen molar-refractivity contribution in [3.05, 3.63) is 59.0 Å². The number of halogens is 1. The summed E-state index contributed by atoms with van der Waals surface area (Å²) in [7, 11) is 0. The summed E-state index contributed by atoms with van der Waals surface area (Å²) >= 11 is 5.89. The number of hydrogen-bond acceptors (Lipinski definition) is 5. The summed E-state index contributed by atoms with van der Waals surface area (Å²) < 4.78 is 5.09. The molecule has 108 valence electrons. The van der Waals surface area contributed by atoms with Crippen molar-refractivity contribution < 1.29 is 4.42 Å². The van der Waals surface area contributed by atoms with Gasteiger partial charge in [0.05, 0.1) is 25.1 Å². The molecule has 6 heteroatoms. The molecule has 0 bridgehead atoms. The first-order valence-electron chi connectivity index (χ1n) is 6.38. The van der Waals surface area contributed by atoms with Gasteiger partial charge < -0.3 is 4.42 Å². The van der Waals surface area contributed by atoms with Gasteiger partial charge in [0.2, 0.25) is 0 Å². The first-order valence-corrected chi connectivity index (χ1v) is 6.76. The van der Waals surface area contributed by atoms with Gasteiger partial charge in [-0.2, -0.15) is 10.5 Å². The second kappa shape index (κ2) is 7.78. The van der Waals surface area contributed by atoms with Gasteiger partial charge in [-0.1, -0.05) is 23.7 Å². The lowest BCUT2D eigenvalue weighted by Crippen LogP contribution is -2.15. The Morgan fingerprint density at radius 3 is 2.82 bits per heavy atom. The van der Waals surface area contributed by atoms with Crippen molar-refractivity contribution in [1.29, 1.82) is 10.5 Å². The third kappa shape index (κ3) is 4.31. The van der Waals surface area contributed by atoms with Crippen LogP contribution in [0, 0.1) is 22.7 Å². The van der Waals surface area contributed by atoms with E-state index in [1.807, 2.05) is 18.2 Å². The molecule has 1 aromatic heterocycles. The number of aliphatic imine (C=N–C) groups is 2. The molecular formula is C16H11ClN4O. The standard InChI is InChI=1S/C16H11ClN4O/c17-13-4-1-3-12(7-13)10-20-15(8-18)16(9-19)21-11-14-5-2-6-22-14/h1-7,11,16H,10H2. The van der Waals surface area contributed by atoms with Crippen molar-refractivity contribution >= 4 is 23.5 Å². The van der Waals surface area contributed by atoms with E-state index in [1.165, 1.54) is 12.5 Å². The van der Waals surface area contributed by atoms with Gasteiger partial charge in [0.1, 0.15) is 11.8 Å². The Kier molecular flexibility index (Phi) is 5.48. The van der Waals surface area contributed by atoms with Crippen molar-refractivity contribution in [3.8, 4) is 12.1 Å². The van der Waals surface area contributed by atoms with E-state index in [9.17, 15) is 0 Å². The molecule has 2 rings (SSSR count). The fourth-order valence-corrected chi connectivity index (χ4v) is 1.89. The average Bonchev–Trinajstić information content (AvgIpc) is 3.04. The number of rotatable bonds is 5. The van der Waals surface area contributed by atoms with Crippen molar-refractivity contribution in [1.82, 2.24) is 0 Å². The van der Waals surface area contributed by atoms with Gasteiger partial charge in [-0.05, 0) is 29.8 Å². The van der Waals surface area contributed by atoms with Crippen LogP contribution in [0.3, 0.4) is 0 Å². The first kappa shape index (κ1) is 15.5. The fourth-order valence-electron chi connectivity index (χ4n) is 1.67. The summed E-state index contributed by atoms with van der Waals surface area (Å²) in [5.74, 6) is 0.507. The van der Waals surface area contributed by atoms with E-state index in [2.05, 4.69) is 9.98 Å². The number of nitriles is 2. The molecule has 0 saturated carbocycles. The van der Waals surface area contributed by atoms with Gasteiger partial charge in [-0.15, -0.1) is 0 Å². The van der Waals surface area contributed by atoms with Gasteiger partial charge in [0.15, 0.2) is 11.8 Å². The van der Waals surface area contributed by atoms with Crippen LogP contribution in [-0.2, 0) is 6.54 Å². The predicted octanol–water partition coefficient (Wildman–Crippen LogP) is 3.41.